The van der Waals surface area contributed by atoms with E-state index < -0.39 is 0 Å². The van der Waals surface area contributed by atoms with E-state index in [1.165, 1.54) is 55.1 Å². The van der Waals surface area contributed by atoms with Gasteiger partial charge in [0.2, 0.25) is 0 Å². The summed E-state index contributed by atoms with van der Waals surface area (Å²) in [7, 11) is 0. The lowest BCUT2D eigenvalue weighted by atomic mass is 9.94. The van der Waals surface area contributed by atoms with E-state index in [4.69, 9.17) is 0 Å². The fourth-order valence-electron chi connectivity index (χ4n) is 9.04. The van der Waals surface area contributed by atoms with Gasteiger partial charge in [-0.15, -0.1) is 0 Å². The molecule has 0 radical (unpaired) electrons. The number of para-hydroxylation sites is 4. The normalized spacial score (nSPS) is 14.5. The summed E-state index contributed by atoms with van der Waals surface area (Å²) in [6.07, 6.45) is 14.9. The summed E-state index contributed by atoms with van der Waals surface area (Å²) < 4.78 is 4.82. The number of aromatic nitrogens is 2. The maximum Gasteiger partial charge on any atom is 0.292 e. The van der Waals surface area contributed by atoms with E-state index in [1.54, 1.807) is 0 Å². The monoisotopic (exact) mass is 898 g/mol. The van der Waals surface area contributed by atoms with E-state index in [0.717, 1.165) is 53.7 Å². The molecule has 1 aromatic heterocycles. The average Bonchev–Trinajstić information content (AvgIpc) is 3.81. The van der Waals surface area contributed by atoms with Crippen molar-refractivity contribution < 1.29 is 28.5 Å². The Labute approximate surface area is 374 Å². The van der Waals surface area contributed by atoms with Crippen LogP contribution in [0.3, 0.4) is 0 Å². The third-order valence-corrected chi connectivity index (χ3v) is 11.8. The highest BCUT2D eigenvalue weighted by atomic mass is 127. The smallest absolute Gasteiger partial charge is 0.292 e. The van der Waals surface area contributed by atoms with Gasteiger partial charge in [0.05, 0.1) is 11.4 Å². The SMILES string of the molecule is C1=C(/C=C/c2n(-c3ccccc3)c3cc4ccccc4cc3[n+]2-c2ccccc2)CCC/C1=C\C=C1N(c2ccccc2)c2cc3ccccc3cc2N1c1ccccc1.[I-]. The van der Waals surface area contributed by atoms with Crippen LogP contribution in [0.25, 0.3) is 50.0 Å². The molecule has 0 fully saturated rings. The predicted molar refractivity (Wildman–Crippen MR) is 251 cm³/mol. The molecule has 294 valence electrons. The lowest BCUT2D eigenvalue weighted by Crippen LogP contribution is -3.00. The second kappa shape index (κ2) is 16.6. The van der Waals surface area contributed by atoms with Crippen LogP contribution in [0.4, 0.5) is 22.7 Å². The van der Waals surface area contributed by atoms with Crippen LogP contribution < -0.4 is 38.3 Å². The van der Waals surface area contributed by atoms with Gasteiger partial charge in [-0.3, -0.25) is 9.80 Å². The Bertz CT molecular complexity index is 2980. The van der Waals surface area contributed by atoms with Crippen molar-refractivity contribution in [3.05, 3.63) is 241 Å². The first-order valence-electron chi connectivity index (χ1n) is 20.9. The number of allylic oxidation sites excluding steroid dienone is 6. The van der Waals surface area contributed by atoms with Gasteiger partial charge in [-0.1, -0.05) is 140 Å². The first kappa shape index (κ1) is 38.3. The largest absolute Gasteiger partial charge is 1.00 e. The topological polar surface area (TPSA) is 15.3 Å². The number of imidazole rings is 1. The highest BCUT2D eigenvalue weighted by Gasteiger charge is 2.34. The molecular formula is C56H43IN4. The number of benzene rings is 8. The Kier molecular flexibility index (Phi) is 10.4. The summed E-state index contributed by atoms with van der Waals surface area (Å²) in [5.74, 6) is 2.20. The molecule has 0 saturated carbocycles. The number of rotatable bonds is 7. The number of hydrogen-bond acceptors (Lipinski definition) is 2. The van der Waals surface area contributed by atoms with Crippen molar-refractivity contribution in [3.63, 3.8) is 0 Å². The van der Waals surface area contributed by atoms with E-state index in [2.05, 4.69) is 243 Å². The van der Waals surface area contributed by atoms with Crippen molar-refractivity contribution >= 4 is 61.4 Å². The standard InChI is InChI=1S/C56H43N4.HI/c1-5-24-47(25-6-1)57-51-37-43-20-13-14-21-44(43)38-52(51)58(48-26-7-2-8-27-48)55(57)34-32-41-18-17-19-42(36-41)33-35-56-59(49-28-9-3-10-29-49)53-39-45-22-15-16-23-46(45)40-54(53)60(56)50-30-11-4-12-31-50;/h1-16,20-40H,17-19H2;1H/q+1;/p-1. The minimum Gasteiger partial charge on any atom is -1.00 e. The summed E-state index contributed by atoms with van der Waals surface area (Å²) in [6.45, 7) is 0. The molecule has 0 unspecified atom stereocenters. The van der Waals surface area contributed by atoms with Gasteiger partial charge in [0, 0.05) is 17.5 Å². The van der Waals surface area contributed by atoms with Crippen molar-refractivity contribution in [2.45, 2.75) is 19.3 Å². The van der Waals surface area contributed by atoms with Gasteiger partial charge >= 0.3 is 0 Å². The van der Waals surface area contributed by atoms with Crippen LogP contribution in [0.2, 0.25) is 0 Å². The Morgan fingerprint density at radius 2 is 0.951 bits per heavy atom. The first-order valence-corrected chi connectivity index (χ1v) is 20.9. The minimum atomic E-state index is 0. The van der Waals surface area contributed by atoms with Crippen molar-refractivity contribution in [3.8, 4) is 11.4 Å². The highest BCUT2D eigenvalue weighted by Crippen LogP contribution is 2.51. The molecule has 11 rings (SSSR count). The number of anilines is 4. The Hall–Kier alpha value is -6.96. The molecule has 2 heterocycles. The Balaban J connectivity index is 0.00000445. The predicted octanol–water partition coefficient (Wildman–Crippen LogP) is 11.1. The van der Waals surface area contributed by atoms with E-state index >= 15 is 0 Å². The summed E-state index contributed by atoms with van der Waals surface area (Å²) >= 11 is 0. The number of hydrogen-bond donors (Lipinski definition) is 0. The average molecular weight is 899 g/mol. The molecule has 0 N–H and O–H groups in total. The van der Waals surface area contributed by atoms with Gasteiger partial charge in [-0.2, -0.15) is 9.13 Å². The van der Waals surface area contributed by atoms with Crippen LogP contribution >= 0.6 is 0 Å². The van der Waals surface area contributed by atoms with Crippen molar-refractivity contribution in [2.75, 3.05) is 9.80 Å². The molecule has 61 heavy (non-hydrogen) atoms. The molecule has 9 aromatic rings. The van der Waals surface area contributed by atoms with Gasteiger partial charge < -0.3 is 24.0 Å². The molecule has 0 amide bonds. The highest BCUT2D eigenvalue weighted by molar-refractivity contribution is 6.01. The van der Waals surface area contributed by atoms with Crippen LogP contribution in [0.5, 0.6) is 0 Å². The molecule has 1 aliphatic heterocycles. The van der Waals surface area contributed by atoms with Gasteiger partial charge in [0.15, 0.2) is 11.0 Å². The fourth-order valence-corrected chi connectivity index (χ4v) is 9.04. The second-order valence-corrected chi connectivity index (χ2v) is 15.6. The van der Waals surface area contributed by atoms with Crippen LogP contribution in [0.1, 0.15) is 25.1 Å². The Morgan fingerprint density at radius 3 is 1.52 bits per heavy atom. The van der Waals surface area contributed by atoms with Gasteiger partial charge in [0.1, 0.15) is 17.2 Å². The van der Waals surface area contributed by atoms with Crippen LogP contribution in [0.15, 0.2) is 235 Å². The summed E-state index contributed by atoms with van der Waals surface area (Å²) in [4.78, 5) is 4.82. The summed E-state index contributed by atoms with van der Waals surface area (Å²) in [6, 6.07) is 69.7. The molecule has 4 nitrogen and oxygen atoms in total. The molecule has 0 saturated heterocycles. The van der Waals surface area contributed by atoms with Crippen LogP contribution in [-0.4, -0.2) is 4.57 Å². The van der Waals surface area contributed by atoms with E-state index in [9.17, 15) is 0 Å². The zero-order valence-corrected chi connectivity index (χ0v) is 35.8. The number of nitrogens with zero attached hydrogens (tertiary/aromatic N) is 4. The molecule has 5 heteroatoms. The van der Waals surface area contributed by atoms with Gasteiger partial charge in [-0.25, -0.2) is 0 Å². The van der Waals surface area contributed by atoms with E-state index in [0.29, 0.717) is 0 Å². The Morgan fingerprint density at radius 1 is 0.459 bits per heavy atom. The van der Waals surface area contributed by atoms with Crippen LogP contribution in [-0.2, 0) is 0 Å². The van der Waals surface area contributed by atoms with E-state index in [1.807, 2.05) is 0 Å². The molecule has 0 atom stereocenters. The zero-order chi connectivity index (χ0) is 39.8. The zero-order valence-electron chi connectivity index (χ0n) is 33.7. The molecular weight excluding hydrogens is 856 g/mol. The number of halogens is 1. The molecule has 2 aliphatic rings. The molecule has 1 aliphatic carbocycles. The van der Waals surface area contributed by atoms with Crippen LogP contribution in [0, 0.1) is 0 Å². The summed E-state index contributed by atoms with van der Waals surface area (Å²) in [5.41, 5.74) is 11.9. The quantitative estimate of drug-likeness (QED) is 0.117. The third kappa shape index (κ3) is 7.15. The molecule has 0 bridgehead atoms. The fraction of sp³-hybridized carbons (Fsp3) is 0.0536. The van der Waals surface area contributed by atoms with Gasteiger partial charge in [-0.05, 0) is 131 Å². The van der Waals surface area contributed by atoms with E-state index in [-0.39, 0.29) is 24.0 Å². The lowest BCUT2D eigenvalue weighted by Gasteiger charge is -2.25. The number of fused-ring (bicyclic) bond motifs is 4. The minimum absolute atomic E-state index is 0. The first-order chi connectivity index (χ1) is 29.8. The molecule has 8 aromatic carbocycles. The van der Waals surface area contributed by atoms with Crippen molar-refractivity contribution in [2.24, 2.45) is 0 Å². The van der Waals surface area contributed by atoms with Crippen molar-refractivity contribution in [1.82, 2.24) is 4.57 Å². The second-order valence-electron chi connectivity index (χ2n) is 15.6. The van der Waals surface area contributed by atoms with Gasteiger partial charge in [0.25, 0.3) is 5.82 Å². The maximum absolute atomic E-state index is 2.41. The lowest BCUT2D eigenvalue weighted by molar-refractivity contribution is -0.570. The third-order valence-electron chi connectivity index (χ3n) is 11.8. The molecule has 0 spiro atoms. The maximum atomic E-state index is 2.41. The van der Waals surface area contributed by atoms with Crippen molar-refractivity contribution in [1.29, 1.82) is 0 Å². The summed E-state index contributed by atoms with van der Waals surface area (Å²) in [5, 5.41) is 4.91.